The number of carbonyl (C=O) groups is 3. The van der Waals surface area contributed by atoms with Crippen molar-refractivity contribution < 1.29 is 14.4 Å². The standard InChI is InChI=1S/C19H14BrN3O3/c1-11(24)16-15-17(23(21-16)14-9-7-12(20)8-10-14)19(26)22(18(15)25)13-5-3-2-4-6-13/h2-10,15,17H,1H3. The summed E-state index contributed by atoms with van der Waals surface area (Å²) in [6.45, 7) is 1.36. The molecule has 2 aromatic carbocycles. The van der Waals surface area contributed by atoms with Gasteiger partial charge in [-0.3, -0.25) is 19.4 Å². The molecular weight excluding hydrogens is 398 g/mol. The average molecular weight is 412 g/mol. The summed E-state index contributed by atoms with van der Waals surface area (Å²) in [6, 6.07) is 15.1. The van der Waals surface area contributed by atoms with Crippen molar-refractivity contribution in [2.45, 2.75) is 13.0 Å². The number of Topliss-reactive ketones (excluding diaryl/α,β-unsaturated/α-hetero) is 1. The van der Waals surface area contributed by atoms with E-state index in [0.29, 0.717) is 11.4 Å². The molecule has 2 atom stereocenters. The molecule has 1 fully saturated rings. The molecule has 2 unspecified atom stereocenters. The summed E-state index contributed by atoms with van der Waals surface area (Å²) in [5.41, 5.74) is 1.26. The topological polar surface area (TPSA) is 70.1 Å². The zero-order valence-corrected chi connectivity index (χ0v) is 15.4. The van der Waals surface area contributed by atoms with E-state index in [9.17, 15) is 14.4 Å². The van der Waals surface area contributed by atoms with E-state index in [1.807, 2.05) is 18.2 Å². The van der Waals surface area contributed by atoms with Crippen LogP contribution in [0.5, 0.6) is 0 Å². The van der Waals surface area contributed by atoms with E-state index in [0.717, 1.165) is 9.37 Å². The third-order valence-corrected chi connectivity index (χ3v) is 5.04. The number of fused-ring (bicyclic) bond motifs is 1. The largest absolute Gasteiger partial charge is 0.293 e. The van der Waals surface area contributed by atoms with Crippen molar-refractivity contribution >= 4 is 50.6 Å². The van der Waals surface area contributed by atoms with Crippen molar-refractivity contribution in [3.05, 3.63) is 59.1 Å². The van der Waals surface area contributed by atoms with Gasteiger partial charge in [0.05, 0.1) is 11.4 Å². The van der Waals surface area contributed by atoms with E-state index in [4.69, 9.17) is 0 Å². The lowest BCUT2D eigenvalue weighted by atomic mass is 9.95. The summed E-state index contributed by atoms with van der Waals surface area (Å²) in [5, 5.41) is 5.80. The Labute approximate surface area is 158 Å². The van der Waals surface area contributed by atoms with Gasteiger partial charge in [-0.05, 0) is 36.4 Å². The molecule has 1 saturated heterocycles. The smallest absolute Gasteiger partial charge is 0.259 e. The zero-order valence-electron chi connectivity index (χ0n) is 13.8. The van der Waals surface area contributed by atoms with Crippen LogP contribution in [-0.4, -0.2) is 29.4 Å². The molecule has 2 aliphatic rings. The van der Waals surface area contributed by atoms with Crippen molar-refractivity contribution in [2.75, 3.05) is 9.91 Å². The minimum Gasteiger partial charge on any atom is -0.293 e. The van der Waals surface area contributed by atoms with E-state index in [-0.39, 0.29) is 17.4 Å². The van der Waals surface area contributed by atoms with Crippen molar-refractivity contribution in [3.63, 3.8) is 0 Å². The second-order valence-electron chi connectivity index (χ2n) is 6.13. The third kappa shape index (κ3) is 2.47. The number of nitrogens with zero attached hydrogens (tertiary/aromatic N) is 3. The molecule has 0 N–H and O–H groups in total. The second-order valence-corrected chi connectivity index (χ2v) is 7.05. The SMILES string of the molecule is CC(=O)C1=NN(c2ccc(Br)cc2)C2C(=O)N(c3ccccc3)C(=O)C12. The number of amides is 2. The van der Waals surface area contributed by atoms with Crippen LogP contribution in [0.25, 0.3) is 0 Å². The monoisotopic (exact) mass is 411 g/mol. The average Bonchev–Trinajstić information content (AvgIpc) is 3.14. The fraction of sp³-hybridized carbons (Fsp3) is 0.158. The van der Waals surface area contributed by atoms with Crippen LogP contribution < -0.4 is 9.91 Å². The van der Waals surface area contributed by atoms with Crippen molar-refractivity contribution in [3.8, 4) is 0 Å². The Kier molecular flexibility index (Phi) is 3.96. The van der Waals surface area contributed by atoms with Gasteiger partial charge < -0.3 is 0 Å². The lowest BCUT2D eigenvalue weighted by Crippen LogP contribution is -2.39. The van der Waals surface area contributed by atoms with Gasteiger partial charge in [0.2, 0.25) is 5.91 Å². The summed E-state index contributed by atoms with van der Waals surface area (Å²) in [7, 11) is 0. The van der Waals surface area contributed by atoms with Crippen LogP contribution in [0.2, 0.25) is 0 Å². The van der Waals surface area contributed by atoms with Crippen LogP contribution in [0.4, 0.5) is 11.4 Å². The minimum absolute atomic E-state index is 0.120. The van der Waals surface area contributed by atoms with E-state index in [1.54, 1.807) is 36.4 Å². The fourth-order valence-corrected chi connectivity index (χ4v) is 3.61. The Hall–Kier alpha value is -2.80. The van der Waals surface area contributed by atoms with Gasteiger partial charge in [0.25, 0.3) is 5.91 Å². The molecule has 2 aromatic rings. The highest BCUT2D eigenvalue weighted by Crippen LogP contribution is 2.38. The van der Waals surface area contributed by atoms with Gasteiger partial charge in [0.1, 0.15) is 17.7 Å². The first-order chi connectivity index (χ1) is 12.5. The van der Waals surface area contributed by atoms with Gasteiger partial charge in [0.15, 0.2) is 5.78 Å². The molecule has 2 heterocycles. The minimum atomic E-state index is -0.885. The summed E-state index contributed by atoms with van der Waals surface area (Å²) in [5.74, 6) is -1.99. The lowest BCUT2D eigenvalue weighted by molar-refractivity contribution is -0.122. The number of hydrogen-bond donors (Lipinski definition) is 0. The number of anilines is 2. The number of ketones is 1. The van der Waals surface area contributed by atoms with Gasteiger partial charge in [0, 0.05) is 11.4 Å². The molecular formula is C19H14BrN3O3. The van der Waals surface area contributed by atoms with Crippen LogP contribution in [0, 0.1) is 5.92 Å². The molecule has 0 spiro atoms. The predicted octanol–water partition coefficient (Wildman–Crippen LogP) is 2.77. The maximum absolute atomic E-state index is 13.1. The summed E-state index contributed by atoms with van der Waals surface area (Å²) in [6.07, 6.45) is 0. The zero-order chi connectivity index (χ0) is 18.4. The van der Waals surface area contributed by atoms with E-state index >= 15 is 0 Å². The molecule has 4 rings (SSSR count). The highest BCUT2D eigenvalue weighted by molar-refractivity contribution is 9.10. The normalized spacial score (nSPS) is 21.8. The molecule has 0 aliphatic carbocycles. The number of para-hydroxylation sites is 1. The molecule has 2 amide bonds. The number of benzene rings is 2. The Morgan fingerprint density at radius 2 is 1.62 bits per heavy atom. The Balaban J connectivity index is 1.80. The van der Waals surface area contributed by atoms with Gasteiger partial charge in [-0.2, -0.15) is 5.10 Å². The Morgan fingerprint density at radius 1 is 0.962 bits per heavy atom. The molecule has 0 radical (unpaired) electrons. The molecule has 0 aromatic heterocycles. The predicted molar refractivity (Wildman–Crippen MR) is 101 cm³/mol. The van der Waals surface area contributed by atoms with Crippen molar-refractivity contribution in [1.29, 1.82) is 0 Å². The molecule has 0 bridgehead atoms. The van der Waals surface area contributed by atoms with Crippen LogP contribution >= 0.6 is 15.9 Å². The van der Waals surface area contributed by atoms with Gasteiger partial charge >= 0.3 is 0 Å². The quantitative estimate of drug-likeness (QED) is 0.728. The van der Waals surface area contributed by atoms with Crippen LogP contribution in [0.15, 0.2) is 64.2 Å². The highest BCUT2D eigenvalue weighted by Gasteiger charge is 2.58. The maximum Gasteiger partial charge on any atom is 0.259 e. The van der Waals surface area contributed by atoms with E-state index in [2.05, 4.69) is 21.0 Å². The first kappa shape index (κ1) is 16.7. The summed E-state index contributed by atoms with van der Waals surface area (Å²) in [4.78, 5) is 39.3. The van der Waals surface area contributed by atoms with Crippen molar-refractivity contribution in [1.82, 2.24) is 0 Å². The van der Waals surface area contributed by atoms with Gasteiger partial charge in [-0.15, -0.1) is 0 Å². The first-order valence-corrected chi connectivity index (χ1v) is 8.85. The van der Waals surface area contributed by atoms with Crippen LogP contribution in [0.3, 0.4) is 0 Å². The Morgan fingerprint density at radius 3 is 2.23 bits per heavy atom. The second kappa shape index (κ2) is 6.17. The first-order valence-electron chi connectivity index (χ1n) is 8.06. The molecule has 130 valence electrons. The molecule has 0 saturated carbocycles. The molecule has 26 heavy (non-hydrogen) atoms. The molecule has 6 nitrogen and oxygen atoms in total. The number of carbonyl (C=O) groups excluding carboxylic acids is 3. The number of halogens is 1. The highest BCUT2D eigenvalue weighted by atomic mass is 79.9. The molecule has 7 heteroatoms. The van der Waals surface area contributed by atoms with Crippen LogP contribution in [-0.2, 0) is 14.4 Å². The number of imide groups is 1. The summed E-state index contributed by atoms with van der Waals surface area (Å²) < 4.78 is 0.882. The number of hydrazone groups is 1. The molecule has 2 aliphatic heterocycles. The third-order valence-electron chi connectivity index (χ3n) is 4.52. The van der Waals surface area contributed by atoms with Gasteiger partial charge in [-0.1, -0.05) is 34.1 Å². The van der Waals surface area contributed by atoms with Crippen molar-refractivity contribution in [2.24, 2.45) is 11.0 Å². The van der Waals surface area contributed by atoms with Crippen LogP contribution in [0.1, 0.15) is 6.92 Å². The van der Waals surface area contributed by atoms with Gasteiger partial charge in [-0.25, -0.2) is 4.90 Å². The maximum atomic E-state index is 13.1. The number of hydrogen-bond acceptors (Lipinski definition) is 5. The lowest BCUT2D eigenvalue weighted by Gasteiger charge is -2.22. The Bertz CT molecular complexity index is 940. The van der Waals surface area contributed by atoms with E-state index in [1.165, 1.54) is 11.9 Å². The van der Waals surface area contributed by atoms with E-state index < -0.39 is 17.9 Å². The summed E-state index contributed by atoms with van der Waals surface area (Å²) >= 11 is 3.37. The number of rotatable bonds is 3. The fourth-order valence-electron chi connectivity index (χ4n) is 3.34.